The Morgan fingerprint density at radius 1 is 1.53 bits per heavy atom. The summed E-state index contributed by atoms with van der Waals surface area (Å²) in [6, 6.07) is 4.79. The van der Waals surface area contributed by atoms with Crippen molar-refractivity contribution in [1.29, 1.82) is 0 Å². The van der Waals surface area contributed by atoms with Crippen molar-refractivity contribution in [2.75, 3.05) is 16.8 Å². The average Bonchev–Trinajstić information content (AvgIpc) is 2.32. The summed E-state index contributed by atoms with van der Waals surface area (Å²) in [5, 5.41) is 3.31. The van der Waals surface area contributed by atoms with Crippen LogP contribution in [0.5, 0.6) is 0 Å². The van der Waals surface area contributed by atoms with Crippen LogP contribution in [0.3, 0.4) is 0 Å². The Kier molecular flexibility index (Phi) is 3.89. The molecular formula is C12H15FN2OS. The minimum absolute atomic E-state index is 0.0570. The molecule has 17 heavy (non-hydrogen) atoms. The van der Waals surface area contributed by atoms with E-state index in [-0.39, 0.29) is 5.56 Å². The molecule has 0 aliphatic carbocycles. The molecule has 1 fully saturated rings. The van der Waals surface area contributed by atoms with Gasteiger partial charge in [0.25, 0.3) is 5.91 Å². The zero-order valence-electron chi connectivity index (χ0n) is 9.41. The summed E-state index contributed by atoms with van der Waals surface area (Å²) in [5.41, 5.74) is 5.81. The lowest BCUT2D eigenvalue weighted by Crippen LogP contribution is -2.26. The van der Waals surface area contributed by atoms with Crippen LogP contribution in [0.2, 0.25) is 0 Å². The van der Waals surface area contributed by atoms with Gasteiger partial charge in [0, 0.05) is 17.5 Å². The number of benzene rings is 1. The van der Waals surface area contributed by atoms with Gasteiger partial charge in [0.1, 0.15) is 5.82 Å². The molecule has 1 aliphatic heterocycles. The number of nitrogens with two attached hydrogens (primary N) is 1. The number of nitrogens with one attached hydrogen (secondary N) is 1. The fraction of sp³-hybridized carbons (Fsp3) is 0.417. The molecule has 0 bridgehead atoms. The lowest BCUT2D eigenvalue weighted by atomic mass is 10.1. The van der Waals surface area contributed by atoms with Crippen molar-refractivity contribution in [1.82, 2.24) is 0 Å². The molecule has 1 unspecified atom stereocenters. The van der Waals surface area contributed by atoms with Crippen LogP contribution in [-0.2, 0) is 0 Å². The quantitative estimate of drug-likeness (QED) is 0.869. The summed E-state index contributed by atoms with van der Waals surface area (Å²) in [7, 11) is 0. The molecule has 0 aromatic heterocycles. The molecule has 3 nitrogen and oxygen atoms in total. The number of hydrogen-bond acceptors (Lipinski definition) is 3. The van der Waals surface area contributed by atoms with Gasteiger partial charge in [0.15, 0.2) is 0 Å². The molecule has 5 heteroatoms. The molecule has 1 aliphatic rings. The predicted octanol–water partition coefficient (Wildman–Crippen LogP) is 2.23. The fourth-order valence-electron chi connectivity index (χ4n) is 1.89. The average molecular weight is 254 g/mol. The van der Waals surface area contributed by atoms with Gasteiger partial charge in [-0.1, -0.05) is 0 Å². The molecule has 0 radical (unpaired) electrons. The number of primary amides is 1. The van der Waals surface area contributed by atoms with E-state index in [0.29, 0.717) is 6.04 Å². The van der Waals surface area contributed by atoms with E-state index in [2.05, 4.69) is 5.32 Å². The highest BCUT2D eigenvalue weighted by atomic mass is 32.2. The van der Waals surface area contributed by atoms with Gasteiger partial charge >= 0.3 is 0 Å². The van der Waals surface area contributed by atoms with E-state index in [1.165, 1.54) is 24.3 Å². The molecule has 1 saturated heterocycles. The topological polar surface area (TPSA) is 55.1 Å². The summed E-state index contributed by atoms with van der Waals surface area (Å²) in [5.74, 6) is 0.947. The Hall–Kier alpha value is -1.23. The molecule has 1 aromatic rings. The van der Waals surface area contributed by atoms with Crippen LogP contribution in [0.1, 0.15) is 23.2 Å². The predicted molar refractivity (Wildman–Crippen MR) is 68.9 cm³/mol. The first-order valence-electron chi connectivity index (χ1n) is 5.60. The number of anilines is 1. The summed E-state index contributed by atoms with van der Waals surface area (Å²) < 4.78 is 13.3. The van der Waals surface area contributed by atoms with Crippen LogP contribution in [0.15, 0.2) is 18.2 Å². The van der Waals surface area contributed by atoms with E-state index in [0.717, 1.165) is 17.9 Å². The summed E-state index contributed by atoms with van der Waals surface area (Å²) >= 11 is 1.91. The minimum Gasteiger partial charge on any atom is -0.381 e. The second kappa shape index (κ2) is 5.40. The number of halogens is 1. The molecular weight excluding hydrogens is 239 g/mol. The normalized spacial score (nSPS) is 19.9. The third-order valence-corrected chi connectivity index (χ3v) is 3.98. The lowest BCUT2D eigenvalue weighted by Gasteiger charge is -2.23. The van der Waals surface area contributed by atoms with Crippen molar-refractivity contribution in [2.45, 2.75) is 18.9 Å². The van der Waals surface area contributed by atoms with Crippen LogP contribution in [-0.4, -0.2) is 23.5 Å². The molecule has 0 saturated carbocycles. The summed E-state index contributed by atoms with van der Waals surface area (Å²) in [6.45, 7) is 0. The van der Waals surface area contributed by atoms with Crippen molar-refractivity contribution in [3.8, 4) is 0 Å². The number of carbonyl (C=O) groups excluding carboxylic acids is 1. The van der Waals surface area contributed by atoms with E-state index in [1.807, 2.05) is 11.8 Å². The van der Waals surface area contributed by atoms with Gasteiger partial charge in [-0.25, -0.2) is 4.39 Å². The van der Waals surface area contributed by atoms with Gasteiger partial charge in [0.05, 0.1) is 5.56 Å². The van der Waals surface area contributed by atoms with Crippen LogP contribution >= 0.6 is 11.8 Å². The van der Waals surface area contributed by atoms with Gasteiger partial charge in [-0.15, -0.1) is 0 Å². The third-order valence-electron chi connectivity index (χ3n) is 2.76. The molecule has 1 atom stereocenters. The van der Waals surface area contributed by atoms with E-state index in [1.54, 1.807) is 6.07 Å². The Balaban J connectivity index is 2.10. The number of rotatable bonds is 3. The molecule has 1 amide bonds. The largest absolute Gasteiger partial charge is 0.381 e. The zero-order chi connectivity index (χ0) is 12.3. The SMILES string of the molecule is NC(=O)c1cc(NC2CCCSC2)ccc1F. The van der Waals surface area contributed by atoms with Crippen molar-refractivity contribution in [2.24, 2.45) is 5.73 Å². The standard InChI is InChI=1S/C12H15FN2OS/c13-11-4-3-8(6-10(11)12(14)16)15-9-2-1-5-17-7-9/h3-4,6,9,15H,1-2,5,7H2,(H2,14,16). The number of hydrogen-bond donors (Lipinski definition) is 2. The Labute approximate surface area is 104 Å². The first-order chi connectivity index (χ1) is 8.16. The number of carbonyl (C=O) groups is 1. The summed E-state index contributed by atoms with van der Waals surface area (Å²) in [6.07, 6.45) is 2.29. The molecule has 0 spiro atoms. The van der Waals surface area contributed by atoms with Crippen molar-refractivity contribution in [3.63, 3.8) is 0 Å². The van der Waals surface area contributed by atoms with Gasteiger partial charge in [0.2, 0.25) is 0 Å². The van der Waals surface area contributed by atoms with E-state index >= 15 is 0 Å². The van der Waals surface area contributed by atoms with Crippen molar-refractivity contribution < 1.29 is 9.18 Å². The number of thioether (sulfide) groups is 1. The third kappa shape index (κ3) is 3.12. The maximum atomic E-state index is 13.3. The first-order valence-corrected chi connectivity index (χ1v) is 6.76. The second-order valence-electron chi connectivity index (χ2n) is 4.12. The second-order valence-corrected chi connectivity index (χ2v) is 5.27. The van der Waals surface area contributed by atoms with Crippen LogP contribution < -0.4 is 11.1 Å². The highest BCUT2D eigenvalue weighted by molar-refractivity contribution is 7.99. The van der Waals surface area contributed by atoms with Crippen LogP contribution in [0.25, 0.3) is 0 Å². The maximum Gasteiger partial charge on any atom is 0.251 e. The van der Waals surface area contributed by atoms with Crippen LogP contribution in [0, 0.1) is 5.82 Å². The van der Waals surface area contributed by atoms with Crippen molar-refractivity contribution >= 4 is 23.4 Å². The Morgan fingerprint density at radius 2 is 2.35 bits per heavy atom. The van der Waals surface area contributed by atoms with E-state index in [4.69, 9.17) is 5.73 Å². The molecule has 2 rings (SSSR count). The molecule has 92 valence electrons. The highest BCUT2D eigenvalue weighted by Crippen LogP contribution is 2.22. The van der Waals surface area contributed by atoms with Crippen molar-refractivity contribution in [3.05, 3.63) is 29.6 Å². The Bertz CT molecular complexity index is 419. The van der Waals surface area contributed by atoms with Gasteiger partial charge < -0.3 is 11.1 Å². The lowest BCUT2D eigenvalue weighted by molar-refractivity contribution is 0.0996. The molecule has 3 N–H and O–H groups in total. The number of amides is 1. The van der Waals surface area contributed by atoms with Gasteiger partial charge in [-0.05, 0) is 36.8 Å². The van der Waals surface area contributed by atoms with E-state index < -0.39 is 11.7 Å². The molecule has 1 aromatic carbocycles. The highest BCUT2D eigenvalue weighted by Gasteiger charge is 2.15. The first kappa shape index (κ1) is 12.2. The summed E-state index contributed by atoms with van der Waals surface area (Å²) in [4.78, 5) is 11.0. The fourth-order valence-corrected chi connectivity index (χ4v) is 2.97. The van der Waals surface area contributed by atoms with Gasteiger partial charge in [-0.2, -0.15) is 11.8 Å². The smallest absolute Gasteiger partial charge is 0.251 e. The molecule has 1 heterocycles. The van der Waals surface area contributed by atoms with Crippen LogP contribution in [0.4, 0.5) is 10.1 Å². The maximum absolute atomic E-state index is 13.3. The van der Waals surface area contributed by atoms with E-state index in [9.17, 15) is 9.18 Å². The van der Waals surface area contributed by atoms with Gasteiger partial charge in [-0.3, -0.25) is 4.79 Å². The Morgan fingerprint density at radius 3 is 3.00 bits per heavy atom. The monoisotopic (exact) mass is 254 g/mol. The minimum atomic E-state index is -0.732. The zero-order valence-corrected chi connectivity index (χ0v) is 10.2.